The van der Waals surface area contributed by atoms with Gasteiger partial charge >= 0.3 is 11.9 Å². The number of ether oxygens (including phenoxy) is 3. The van der Waals surface area contributed by atoms with Crippen molar-refractivity contribution in [2.75, 3.05) is 24.7 Å². The minimum Gasteiger partial charge on any atom is -0.494 e. The molecule has 0 saturated carbocycles. The molecule has 0 heterocycles. The zero-order chi connectivity index (χ0) is 27.1. The lowest BCUT2D eigenvalue weighted by atomic mass is 10.0. The molecule has 7 heteroatoms. The number of rotatable bonds is 23. The highest BCUT2D eigenvalue weighted by Crippen LogP contribution is 2.21. The lowest BCUT2D eigenvalue weighted by Crippen LogP contribution is -2.22. The van der Waals surface area contributed by atoms with E-state index in [2.05, 4.69) is 6.92 Å². The van der Waals surface area contributed by atoms with Gasteiger partial charge in [0, 0.05) is 18.9 Å². The first-order chi connectivity index (χ1) is 17.9. The number of nitrogen functional groups attached to an aromatic ring is 2. The Morgan fingerprint density at radius 3 is 1.86 bits per heavy atom. The molecule has 0 radical (unpaired) electrons. The molecule has 0 fully saturated rings. The number of esters is 2. The fraction of sp³-hybridized carbons (Fsp3) is 0.733. The molecule has 0 aliphatic heterocycles. The Bertz CT molecular complexity index is 741. The topological polar surface area (TPSA) is 114 Å². The molecule has 1 rings (SSSR count). The number of carbonyl (C=O) groups excluding carboxylic acids is 2. The van der Waals surface area contributed by atoms with Gasteiger partial charge in [-0.15, -0.1) is 0 Å². The van der Waals surface area contributed by atoms with E-state index in [0.717, 1.165) is 12.8 Å². The lowest BCUT2D eigenvalue weighted by molar-refractivity contribution is -0.158. The number of unbranched alkanes of at least 4 members (excludes halogenated alkanes) is 13. The van der Waals surface area contributed by atoms with Crippen LogP contribution < -0.4 is 16.2 Å². The summed E-state index contributed by atoms with van der Waals surface area (Å²) in [6.07, 6.45) is 18.2. The summed E-state index contributed by atoms with van der Waals surface area (Å²) < 4.78 is 16.2. The standard InChI is InChI=1S/C30H52N2O5/c1-3-4-5-6-7-8-9-10-11-12-13-14-15-18-29(33)36-24-25(2)37-30(34)19-16-17-22-35-26-20-21-27(31)28(32)23-26/h20-21,23,25H,3-19,22,24,31-32H2,1-2H3. The van der Waals surface area contributed by atoms with Crippen molar-refractivity contribution in [1.29, 1.82) is 0 Å². The third kappa shape index (κ3) is 18.5. The van der Waals surface area contributed by atoms with Gasteiger partial charge in [0.2, 0.25) is 0 Å². The molecule has 0 aromatic heterocycles. The summed E-state index contributed by atoms with van der Waals surface area (Å²) in [5.41, 5.74) is 12.4. The van der Waals surface area contributed by atoms with Crippen molar-refractivity contribution >= 4 is 23.3 Å². The Balaban J connectivity index is 1.92. The first kappa shape index (κ1) is 32.6. The highest BCUT2D eigenvalue weighted by atomic mass is 16.6. The molecule has 0 amide bonds. The van der Waals surface area contributed by atoms with E-state index in [1.807, 2.05) is 0 Å². The van der Waals surface area contributed by atoms with Crippen molar-refractivity contribution in [2.24, 2.45) is 0 Å². The van der Waals surface area contributed by atoms with Crippen molar-refractivity contribution in [3.63, 3.8) is 0 Å². The molecule has 1 aromatic carbocycles. The molecular weight excluding hydrogens is 468 g/mol. The van der Waals surface area contributed by atoms with Gasteiger partial charge in [-0.05, 0) is 38.3 Å². The molecule has 212 valence electrons. The van der Waals surface area contributed by atoms with Gasteiger partial charge in [-0.25, -0.2) is 0 Å². The second-order valence-electron chi connectivity index (χ2n) is 10.1. The Morgan fingerprint density at radius 1 is 0.730 bits per heavy atom. The summed E-state index contributed by atoms with van der Waals surface area (Å²) in [5.74, 6) is 0.145. The van der Waals surface area contributed by atoms with Gasteiger partial charge in [0.1, 0.15) is 18.5 Å². The van der Waals surface area contributed by atoms with Crippen molar-refractivity contribution in [3.05, 3.63) is 18.2 Å². The number of anilines is 2. The molecule has 7 nitrogen and oxygen atoms in total. The number of carbonyl (C=O) groups is 2. The Hall–Kier alpha value is -2.44. The summed E-state index contributed by atoms with van der Waals surface area (Å²) >= 11 is 0. The third-order valence-corrected chi connectivity index (χ3v) is 6.40. The van der Waals surface area contributed by atoms with Crippen LogP contribution in [-0.2, 0) is 19.1 Å². The first-order valence-electron chi connectivity index (χ1n) is 14.5. The van der Waals surface area contributed by atoms with Gasteiger partial charge in [-0.2, -0.15) is 0 Å². The summed E-state index contributed by atoms with van der Waals surface area (Å²) in [6.45, 7) is 4.58. The smallest absolute Gasteiger partial charge is 0.306 e. The SMILES string of the molecule is CCCCCCCCCCCCCCCC(=O)OCC(C)OC(=O)CCCCOc1ccc(N)c(N)c1. The van der Waals surface area contributed by atoms with Crippen molar-refractivity contribution < 1.29 is 23.8 Å². The average Bonchev–Trinajstić information content (AvgIpc) is 2.87. The van der Waals surface area contributed by atoms with E-state index >= 15 is 0 Å². The van der Waals surface area contributed by atoms with Crippen LogP contribution in [0.15, 0.2) is 18.2 Å². The van der Waals surface area contributed by atoms with E-state index < -0.39 is 6.10 Å². The number of benzene rings is 1. The maximum atomic E-state index is 12.0. The third-order valence-electron chi connectivity index (χ3n) is 6.40. The van der Waals surface area contributed by atoms with Crippen LogP contribution in [0.3, 0.4) is 0 Å². The van der Waals surface area contributed by atoms with Crippen LogP contribution in [-0.4, -0.2) is 31.3 Å². The largest absolute Gasteiger partial charge is 0.494 e. The molecule has 37 heavy (non-hydrogen) atoms. The van der Waals surface area contributed by atoms with Gasteiger partial charge in [-0.3, -0.25) is 9.59 Å². The van der Waals surface area contributed by atoms with Gasteiger partial charge < -0.3 is 25.7 Å². The van der Waals surface area contributed by atoms with E-state index in [4.69, 9.17) is 25.7 Å². The van der Waals surface area contributed by atoms with E-state index in [1.54, 1.807) is 25.1 Å². The second kappa shape index (κ2) is 21.6. The molecule has 1 atom stereocenters. The van der Waals surface area contributed by atoms with Crippen LogP contribution in [0.1, 0.15) is 123 Å². The number of hydrogen-bond acceptors (Lipinski definition) is 7. The average molecular weight is 521 g/mol. The molecule has 1 unspecified atom stereocenters. The zero-order valence-electron chi connectivity index (χ0n) is 23.4. The second-order valence-corrected chi connectivity index (χ2v) is 10.1. The van der Waals surface area contributed by atoms with Crippen molar-refractivity contribution in [2.45, 2.75) is 129 Å². The van der Waals surface area contributed by atoms with Crippen LogP contribution in [0.2, 0.25) is 0 Å². The first-order valence-corrected chi connectivity index (χ1v) is 14.5. The molecule has 0 spiro atoms. The molecule has 0 aliphatic rings. The summed E-state index contributed by atoms with van der Waals surface area (Å²) in [6, 6.07) is 5.16. The van der Waals surface area contributed by atoms with Crippen molar-refractivity contribution in [3.8, 4) is 5.75 Å². The Kier molecular flexibility index (Phi) is 19.0. The van der Waals surface area contributed by atoms with Gasteiger partial charge in [0.05, 0.1) is 18.0 Å². The summed E-state index contributed by atoms with van der Waals surface area (Å²) in [4.78, 5) is 23.9. The van der Waals surface area contributed by atoms with Gasteiger partial charge in [0.15, 0.2) is 0 Å². The Labute approximate surface area is 225 Å². The highest BCUT2D eigenvalue weighted by molar-refractivity contribution is 5.70. The van der Waals surface area contributed by atoms with Crippen LogP contribution in [0.4, 0.5) is 11.4 Å². The lowest BCUT2D eigenvalue weighted by Gasteiger charge is -2.14. The van der Waals surface area contributed by atoms with Crippen LogP contribution >= 0.6 is 0 Å². The minimum atomic E-state index is -0.447. The van der Waals surface area contributed by atoms with Crippen LogP contribution in [0.5, 0.6) is 5.75 Å². The van der Waals surface area contributed by atoms with Crippen LogP contribution in [0, 0.1) is 0 Å². The summed E-state index contributed by atoms with van der Waals surface area (Å²) in [5, 5.41) is 0. The van der Waals surface area contributed by atoms with E-state index in [-0.39, 0.29) is 18.5 Å². The minimum absolute atomic E-state index is 0.102. The predicted molar refractivity (Wildman–Crippen MR) is 151 cm³/mol. The predicted octanol–water partition coefficient (Wildman–Crippen LogP) is 7.36. The monoisotopic (exact) mass is 520 g/mol. The molecular formula is C30H52N2O5. The van der Waals surface area contributed by atoms with E-state index in [1.165, 1.54) is 70.6 Å². The fourth-order valence-corrected chi connectivity index (χ4v) is 4.09. The van der Waals surface area contributed by atoms with E-state index in [9.17, 15) is 9.59 Å². The molecule has 0 bridgehead atoms. The fourth-order valence-electron chi connectivity index (χ4n) is 4.09. The molecule has 1 aromatic rings. The van der Waals surface area contributed by atoms with Crippen molar-refractivity contribution in [1.82, 2.24) is 0 Å². The Morgan fingerprint density at radius 2 is 1.27 bits per heavy atom. The number of hydrogen-bond donors (Lipinski definition) is 2. The zero-order valence-corrected chi connectivity index (χ0v) is 23.4. The molecule has 4 N–H and O–H groups in total. The molecule has 0 aliphatic carbocycles. The van der Waals surface area contributed by atoms with Gasteiger partial charge in [0.25, 0.3) is 0 Å². The van der Waals surface area contributed by atoms with E-state index in [0.29, 0.717) is 49.4 Å². The molecule has 0 saturated heterocycles. The maximum Gasteiger partial charge on any atom is 0.306 e. The van der Waals surface area contributed by atoms with Gasteiger partial charge in [-0.1, -0.05) is 84.0 Å². The van der Waals surface area contributed by atoms with Crippen LogP contribution in [0.25, 0.3) is 0 Å². The number of nitrogens with two attached hydrogens (primary N) is 2. The maximum absolute atomic E-state index is 12.0. The normalized spacial score (nSPS) is 11.7. The highest BCUT2D eigenvalue weighted by Gasteiger charge is 2.12. The quantitative estimate of drug-likeness (QED) is 0.0880. The summed E-state index contributed by atoms with van der Waals surface area (Å²) in [7, 11) is 0.